The number of ether oxygens (including phenoxy) is 2. The van der Waals surface area contributed by atoms with E-state index in [2.05, 4.69) is 9.72 Å². The second-order valence-electron chi connectivity index (χ2n) is 4.24. The van der Waals surface area contributed by atoms with Crippen LogP contribution in [0.2, 0.25) is 5.02 Å². The zero-order valence-electron chi connectivity index (χ0n) is 11.0. The molecule has 8 nitrogen and oxygen atoms in total. The normalized spacial score (nSPS) is 20.2. The van der Waals surface area contributed by atoms with Crippen molar-refractivity contribution >= 4 is 27.6 Å². The Morgan fingerprint density at radius 1 is 1.57 bits per heavy atom. The molecule has 1 aromatic heterocycles. The summed E-state index contributed by atoms with van der Waals surface area (Å²) in [7, 11) is -2.84. The SMILES string of the molecule is COC(=O)C1COCCN1S(=O)(=O)c1c[nH]c(=O)c(Cl)c1. The van der Waals surface area contributed by atoms with Crippen molar-refractivity contribution in [2.45, 2.75) is 10.9 Å². The molecule has 0 radical (unpaired) electrons. The average molecular weight is 337 g/mol. The van der Waals surface area contributed by atoms with E-state index in [1.54, 1.807) is 0 Å². The number of aromatic amines is 1. The lowest BCUT2D eigenvalue weighted by Gasteiger charge is -2.32. The number of carbonyl (C=O) groups excluding carboxylic acids is 1. The molecule has 10 heteroatoms. The molecule has 0 aliphatic carbocycles. The molecule has 0 spiro atoms. The summed E-state index contributed by atoms with van der Waals surface area (Å²) in [4.78, 5) is 24.9. The topological polar surface area (TPSA) is 106 Å². The van der Waals surface area contributed by atoms with Crippen molar-refractivity contribution in [1.82, 2.24) is 9.29 Å². The Bertz CT molecular complexity index is 701. The van der Waals surface area contributed by atoms with E-state index >= 15 is 0 Å². The monoisotopic (exact) mass is 336 g/mol. The van der Waals surface area contributed by atoms with Crippen molar-refractivity contribution in [1.29, 1.82) is 0 Å². The zero-order chi connectivity index (χ0) is 15.6. The summed E-state index contributed by atoms with van der Waals surface area (Å²) in [5, 5.41) is -0.251. The van der Waals surface area contributed by atoms with E-state index in [1.807, 2.05) is 0 Å². The van der Waals surface area contributed by atoms with Gasteiger partial charge in [0.1, 0.15) is 11.1 Å². The molecular formula is C11H13ClN2O6S. The number of morpholine rings is 1. The molecule has 1 atom stereocenters. The Morgan fingerprint density at radius 3 is 2.90 bits per heavy atom. The molecule has 2 rings (SSSR count). The molecule has 0 bridgehead atoms. The molecule has 1 aliphatic rings. The highest BCUT2D eigenvalue weighted by Gasteiger charge is 2.39. The lowest BCUT2D eigenvalue weighted by atomic mass is 10.3. The standard InChI is InChI=1S/C11H13ClN2O6S/c1-19-11(16)9-6-20-3-2-14(9)21(17,18)7-4-8(12)10(15)13-5-7/h4-5,9H,2-3,6H2,1H3,(H,13,15). The van der Waals surface area contributed by atoms with E-state index < -0.39 is 27.6 Å². The fourth-order valence-corrected chi connectivity index (χ4v) is 3.70. The van der Waals surface area contributed by atoms with Crippen molar-refractivity contribution in [3.63, 3.8) is 0 Å². The van der Waals surface area contributed by atoms with Crippen LogP contribution in [0.15, 0.2) is 22.0 Å². The molecule has 0 saturated carbocycles. The Hall–Kier alpha value is -1.42. The van der Waals surface area contributed by atoms with Gasteiger partial charge in [0, 0.05) is 12.7 Å². The molecule has 1 aliphatic heterocycles. The smallest absolute Gasteiger partial charge is 0.326 e. The quantitative estimate of drug-likeness (QED) is 0.752. The predicted octanol–water partition coefficient (Wildman–Crippen LogP) is -0.409. The first-order valence-electron chi connectivity index (χ1n) is 5.93. The predicted molar refractivity (Wildman–Crippen MR) is 72.6 cm³/mol. The van der Waals surface area contributed by atoms with Crippen molar-refractivity contribution in [2.75, 3.05) is 26.9 Å². The van der Waals surface area contributed by atoms with E-state index in [4.69, 9.17) is 16.3 Å². The lowest BCUT2D eigenvalue weighted by Crippen LogP contribution is -2.52. The Labute approximate surface area is 125 Å². The van der Waals surface area contributed by atoms with Crippen molar-refractivity contribution < 1.29 is 22.7 Å². The largest absolute Gasteiger partial charge is 0.468 e. The molecule has 116 valence electrons. The van der Waals surface area contributed by atoms with Gasteiger partial charge in [0.15, 0.2) is 0 Å². The van der Waals surface area contributed by atoms with Crippen LogP contribution >= 0.6 is 11.6 Å². The Morgan fingerprint density at radius 2 is 2.29 bits per heavy atom. The molecule has 1 unspecified atom stereocenters. The zero-order valence-corrected chi connectivity index (χ0v) is 12.6. The number of pyridine rings is 1. The van der Waals surface area contributed by atoms with Gasteiger partial charge in [-0.05, 0) is 6.07 Å². The number of nitrogens with zero attached hydrogens (tertiary/aromatic N) is 1. The number of methoxy groups -OCH3 is 1. The number of carbonyl (C=O) groups is 1. The number of sulfonamides is 1. The van der Waals surface area contributed by atoms with Crippen molar-refractivity contribution in [3.8, 4) is 0 Å². The molecule has 1 saturated heterocycles. The first-order valence-corrected chi connectivity index (χ1v) is 7.75. The summed E-state index contributed by atoms with van der Waals surface area (Å²) < 4.78 is 35.8. The van der Waals surface area contributed by atoms with Gasteiger partial charge in [0.2, 0.25) is 10.0 Å². The highest BCUT2D eigenvalue weighted by Crippen LogP contribution is 2.21. The minimum absolute atomic E-state index is 0.00115. The number of rotatable bonds is 3. The molecular weight excluding hydrogens is 324 g/mol. The fourth-order valence-electron chi connectivity index (χ4n) is 1.92. The third-order valence-electron chi connectivity index (χ3n) is 2.99. The van der Waals surface area contributed by atoms with Gasteiger partial charge in [0.05, 0.1) is 25.2 Å². The number of esters is 1. The summed E-state index contributed by atoms with van der Waals surface area (Å²) in [5.41, 5.74) is -0.595. The summed E-state index contributed by atoms with van der Waals surface area (Å²) in [6, 6.07) is -0.0288. The molecule has 1 fully saturated rings. The van der Waals surface area contributed by atoms with Crippen molar-refractivity contribution in [3.05, 3.63) is 27.6 Å². The van der Waals surface area contributed by atoms with Gasteiger partial charge in [-0.3, -0.25) is 9.59 Å². The third kappa shape index (κ3) is 3.10. The van der Waals surface area contributed by atoms with Gasteiger partial charge in [-0.2, -0.15) is 4.31 Å². The van der Waals surface area contributed by atoms with Gasteiger partial charge in [-0.1, -0.05) is 11.6 Å². The minimum atomic E-state index is -4.01. The van der Waals surface area contributed by atoms with Crippen LogP contribution in [-0.4, -0.2) is 56.6 Å². The lowest BCUT2D eigenvalue weighted by molar-refractivity contribution is -0.149. The van der Waals surface area contributed by atoms with Crippen LogP contribution in [0.3, 0.4) is 0 Å². The van der Waals surface area contributed by atoms with E-state index in [-0.39, 0.29) is 29.7 Å². The summed E-state index contributed by atoms with van der Waals surface area (Å²) in [6.45, 7) is 0.0612. The molecule has 1 aromatic rings. The van der Waals surface area contributed by atoms with Crippen LogP contribution in [0.25, 0.3) is 0 Å². The average Bonchev–Trinajstić information content (AvgIpc) is 2.49. The molecule has 2 heterocycles. The van der Waals surface area contributed by atoms with E-state index in [0.717, 1.165) is 16.6 Å². The maximum absolute atomic E-state index is 12.6. The van der Waals surface area contributed by atoms with E-state index in [9.17, 15) is 18.0 Å². The summed E-state index contributed by atoms with van der Waals surface area (Å²) >= 11 is 5.64. The van der Waals surface area contributed by atoms with Crippen LogP contribution in [0.1, 0.15) is 0 Å². The van der Waals surface area contributed by atoms with Crippen LogP contribution in [0.4, 0.5) is 0 Å². The second-order valence-corrected chi connectivity index (χ2v) is 6.54. The number of H-pyrrole nitrogens is 1. The third-order valence-corrected chi connectivity index (χ3v) is 5.16. The number of aromatic nitrogens is 1. The maximum atomic E-state index is 12.6. The molecule has 0 aromatic carbocycles. The van der Waals surface area contributed by atoms with Crippen LogP contribution in [-0.2, 0) is 24.3 Å². The molecule has 0 amide bonds. The fraction of sp³-hybridized carbons (Fsp3) is 0.455. The number of nitrogens with one attached hydrogen (secondary N) is 1. The van der Waals surface area contributed by atoms with Crippen LogP contribution in [0, 0.1) is 0 Å². The first-order chi connectivity index (χ1) is 9.87. The number of hydrogen-bond donors (Lipinski definition) is 1. The summed E-state index contributed by atoms with van der Waals surface area (Å²) in [5.74, 6) is -0.714. The Kier molecular flexibility index (Phi) is 4.67. The summed E-state index contributed by atoms with van der Waals surface area (Å²) in [6.07, 6.45) is 1.04. The second kappa shape index (κ2) is 6.14. The van der Waals surface area contributed by atoms with Crippen molar-refractivity contribution in [2.24, 2.45) is 0 Å². The highest BCUT2D eigenvalue weighted by atomic mass is 35.5. The first kappa shape index (κ1) is 16.0. The van der Waals surface area contributed by atoms with Gasteiger partial charge in [-0.15, -0.1) is 0 Å². The maximum Gasteiger partial charge on any atom is 0.326 e. The van der Waals surface area contributed by atoms with E-state index in [0.29, 0.717) is 0 Å². The molecule has 21 heavy (non-hydrogen) atoms. The Balaban J connectivity index is 2.42. The van der Waals surface area contributed by atoms with Gasteiger partial charge in [-0.25, -0.2) is 8.42 Å². The van der Waals surface area contributed by atoms with Gasteiger partial charge >= 0.3 is 5.97 Å². The molecule has 1 N–H and O–H groups in total. The van der Waals surface area contributed by atoms with E-state index in [1.165, 1.54) is 7.11 Å². The van der Waals surface area contributed by atoms with Gasteiger partial charge < -0.3 is 14.5 Å². The van der Waals surface area contributed by atoms with Crippen LogP contribution in [0.5, 0.6) is 0 Å². The number of hydrogen-bond acceptors (Lipinski definition) is 6. The highest BCUT2D eigenvalue weighted by molar-refractivity contribution is 7.89. The number of halogens is 1. The minimum Gasteiger partial charge on any atom is -0.468 e. The van der Waals surface area contributed by atoms with Gasteiger partial charge in [0.25, 0.3) is 5.56 Å². The van der Waals surface area contributed by atoms with Crippen LogP contribution < -0.4 is 5.56 Å².